The Morgan fingerprint density at radius 3 is 2.35 bits per heavy atom. The molecule has 0 aromatic heterocycles. The monoisotopic (exact) mass is 277 g/mol. The molecule has 20 heavy (non-hydrogen) atoms. The molecule has 0 saturated carbocycles. The van der Waals surface area contributed by atoms with Crippen LogP contribution in [-0.2, 0) is 12.6 Å². The zero-order valence-corrected chi connectivity index (χ0v) is 10.7. The van der Waals surface area contributed by atoms with E-state index in [1.54, 1.807) is 0 Å². The van der Waals surface area contributed by atoms with E-state index in [0.29, 0.717) is 0 Å². The Labute approximate surface area is 115 Å². The highest BCUT2D eigenvalue weighted by molar-refractivity contribution is 5.70. The Kier molecular flexibility index (Phi) is 3.05. The third-order valence-electron chi connectivity index (χ3n) is 3.84. The van der Waals surface area contributed by atoms with Crippen molar-refractivity contribution >= 4 is 0 Å². The lowest BCUT2D eigenvalue weighted by molar-refractivity contribution is -0.137. The topological polar surface area (TPSA) is 26.0 Å². The summed E-state index contributed by atoms with van der Waals surface area (Å²) in [7, 11) is 0. The average molecular weight is 277 g/mol. The van der Waals surface area contributed by atoms with Crippen LogP contribution in [0.4, 0.5) is 13.2 Å². The minimum atomic E-state index is -4.29. The van der Waals surface area contributed by atoms with Gasteiger partial charge >= 0.3 is 6.18 Å². The molecule has 0 fully saturated rings. The number of hydrogen-bond acceptors (Lipinski definition) is 1. The molecule has 2 aromatic carbocycles. The van der Waals surface area contributed by atoms with E-state index in [2.05, 4.69) is 0 Å². The van der Waals surface area contributed by atoms with Crippen molar-refractivity contribution in [2.45, 2.75) is 25.1 Å². The van der Waals surface area contributed by atoms with Gasteiger partial charge in [-0.15, -0.1) is 0 Å². The number of benzene rings is 2. The molecular formula is C16H14F3N. The molecule has 1 aliphatic rings. The van der Waals surface area contributed by atoms with Crippen LogP contribution in [0.3, 0.4) is 0 Å². The van der Waals surface area contributed by atoms with E-state index in [1.807, 2.05) is 18.2 Å². The highest BCUT2D eigenvalue weighted by atomic mass is 19.4. The third kappa shape index (κ3) is 2.20. The third-order valence-corrected chi connectivity index (χ3v) is 3.84. The summed E-state index contributed by atoms with van der Waals surface area (Å²) in [5, 5.41) is 0. The number of nitrogens with two attached hydrogens (primary N) is 1. The lowest BCUT2D eigenvalue weighted by Crippen LogP contribution is -2.05. The predicted molar refractivity (Wildman–Crippen MR) is 72.1 cm³/mol. The van der Waals surface area contributed by atoms with Crippen LogP contribution in [0.1, 0.15) is 29.2 Å². The van der Waals surface area contributed by atoms with E-state index in [1.165, 1.54) is 17.7 Å². The van der Waals surface area contributed by atoms with Gasteiger partial charge in [-0.3, -0.25) is 0 Å². The van der Waals surface area contributed by atoms with Crippen LogP contribution in [-0.4, -0.2) is 0 Å². The number of rotatable bonds is 1. The number of halogens is 3. The van der Waals surface area contributed by atoms with Crippen LogP contribution in [0.5, 0.6) is 0 Å². The summed E-state index contributed by atoms with van der Waals surface area (Å²) in [6, 6.07) is 11.2. The van der Waals surface area contributed by atoms with Crippen molar-refractivity contribution in [2.75, 3.05) is 0 Å². The molecule has 1 unspecified atom stereocenters. The van der Waals surface area contributed by atoms with Gasteiger partial charge in [-0.2, -0.15) is 13.2 Å². The summed E-state index contributed by atoms with van der Waals surface area (Å²) in [6.07, 6.45) is -2.51. The van der Waals surface area contributed by atoms with Crippen molar-refractivity contribution in [3.8, 4) is 11.1 Å². The quantitative estimate of drug-likeness (QED) is 0.825. The Hall–Kier alpha value is -1.81. The summed E-state index contributed by atoms with van der Waals surface area (Å²) in [5.41, 5.74) is 9.48. The van der Waals surface area contributed by atoms with Crippen LogP contribution in [0.2, 0.25) is 0 Å². The number of fused-ring (bicyclic) bond motifs is 1. The average Bonchev–Trinajstić information content (AvgIpc) is 2.80. The molecule has 0 bridgehead atoms. The zero-order valence-electron chi connectivity index (χ0n) is 10.7. The lowest BCUT2D eigenvalue weighted by atomic mass is 9.96. The summed E-state index contributed by atoms with van der Waals surface area (Å²) >= 11 is 0. The molecule has 0 saturated heterocycles. The van der Waals surface area contributed by atoms with Crippen LogP contribution >= 0.6 is 0 Å². The van der Waals surface area contributed by atoms with Gasteiger partial charge in [-0.25, -0.2) is 0 Å². The van der Waals surface area contributed by atoms with Crippen molar-refractivity contribution in [3.05, 3.63) is 59.2 Å². The lowest BCUT2D eigenvalue weighted by Gasteiger charge is -2.11. The Balaban J connectivity index is 2.03. The molecule has 0 heterocycles. The first kappa shape index (κ1) is 13.2. The van der Waals surface area contributed by atoms with Gasteiger partial charge in [0.1, 0.15) is 0 Å². The van der Waals surface area contributed by atoms with Gasteiger partial charge in [0.2, 0.25) is 0 Å². The summed E-state index contributed by atoms with van der Waals surface area (Å²) in [4.78, 5) is 0. The van der Waals surface area contributed by atoms with Gasteiger partial charge in [-0.1, -0.05) is 30.3 Å². The molecule has 1 aliphatic carbocycles. The van der Waals surface area contributed by atoms with Crippen molar-refractivity contribution < 1.29 is 13.2 Å². The van der Waals surface area contributed by atoms with E-state index in [4.69, 9.17) is 5.73 Å². The smallest absolute Gasteiger partial charge is 0.324 e. The SMILES string of the molecule is NC1CCc2c(-c3ccc(C(F)(F)F)cc3)cccc21. The summed E-state index contributed by atoms with van der Waals surface area (Å²) in [6.45, 7) is 0. The molecule has 2 N–H and O–H groups in total. The maximum atomic E-state index is 12.6. The molecule has 4 heteroatoms. The van der Waals surface area contributed by atoms with Crippen molar-refractivity contribution in [1.29, 1.82) is 0 Å². The van der Waals surface area contributed by atoms with Crippen LogP contribution in [0.25, 0.3) is 11.1 Å². The van der Waals surface area contributed by atoms with Crippen molar-refractivity contribution in [3.63, 3.8) is 0 Å². The normalized spacial score (nSPS) is 18.1. The van der Waals surface area contributed by atoms with Gasteiger partial charge in [0, 0.05) is 6.04 Å². The van der Waals surface area contributed by atoms with E-state index < -0.39 is 11.7 Å². The maximum Gasteiger partial charge on any atom is 0.416 e. The van der Waals surface area contributed by atoms with E-state index in [9.17, 15) is 13.2 Å². The van der Waals surface area contributed by atoms with Crippen molar-refractivity contribution in [1.82, 2.24) is 0 Å². The molecule has 1 atom stereocenters. The van der Waals surface area contributed by atoms with E-state index in [-0.39, 0.29) is 6.04 Å². The second kappa shape index (κ2) is 4.63. The fourth-order valence-corrected chi connectivity index (χ4v) is 2.80. The highest BCUT2D eigenvalue weighted by Gasteiger charge is 2.30. The number of alkyl halides is 3. The van der Waals surface area contributed by atoms with Gasteiger partial charge in [0.05, 0.1) is 5.56 Å². The standard InChI is InChI=1S/C16H14F3N/c17-16(18,19)11-6-4-10(5-7-11)12-2-1-3-14-13(12)8-9-15(14)20/h1-7,15H,8-9,20H2. The minimum absolute atomic E-state index is 0.0411. The first-order chi connectivity index (χ1) is 9.47. The van der Waals surface area contributed by atoms with Gasteiger partial charge in [-0.05, 0) is 47.2 Å². The largest absolute Gasteiger partial charge is 0.416 e. The molecular weight excluding hydrogens is 263 g/mol. The molecule has 2 aromatic rings. The fraction of sp³-hybridized carbons (Fsp3) is 0.250. The molecule has 3 rings (SSSR count). The van der Waals surface area contributed by atoms with Crippen molar-refractivity contribution in [2.24, 2.45) is 5.73 Å². The summed E-state index contributed by atoms with van der Waals surface area (Å²) in [5.74, 6) is 0. The summed E-state index contributed by atoms with van der Waals surface area (Å²) < 4.78 is 37.7. The predicted octanol–water partition coefficient (Wildman–Crippen LogP) is 4.32. The first-order valence-corrected chi connectivity index (χ1v) is 6.52. The van der Waals surface area contributed by atoms with Gasteiger partial charge in [0.15, 0.2) is 0 Å². The van der Waals surface area contributed by atoms with E-state index in [0.717, 1.165) is 41.7 Å². The Bertz CT molecular complexity index is 629. The highest BCUT2D eigenvalue weighted by Crippen LogP contribution is 2.37. The first-order valence-electron chi connectivity index (χ1n) is 6.52. The molecule has 0 radical (unpaired) electrons. The second-order valence-corrected chi connectivity index (χ2v) is 5.09. The molecule has 0 aliphatic heterocycles. The number of hydrogen-bond donors (Lipinski definition) is 1. The Morgan fingerprint density at radius 2 is 1.70 bits per heavy atom. The molecule has 104 valence electrons. The zero-order chi connectivity index (χ0) is 14.3. The minimum Gasteiger partial charge on any atom is -0.324 e. The molecule has 1 nitrogen and oxygen atoms in total. The van der Waals surface area contributed by atoms with Gasteiger partial charge in [0.25, 0.3) is 0 Å². The molecule has 0 spiro atoms. The van der Waals surface area contributed by atoms with Crippen LogP contribution in [0.15, 0.2) is 42.5 Å². The van der Waals surface area contributed by atoms with Gasteiger partial charge < -0.3 is 5.73 Å². The fourth-order valence-electron chi connectivity index (χ4n) is 2.80. The van der Waals surface area contributed by atoms with E-state index >= 15 is 0 Å². The van der Waals surface area contributed by atoms with Crippen LogP contribution < -0.4 is 5.73 Å². The Morgan fingerprint density at radius 1 is 1.00 bits per heavy atom. The maximum absolute atomic E-state index is 12.6. The second-order valence-electron chi connectivity index (χ2n) is 5.09. The molecule has 0 amide bonds. The van der Waals surface area contributed by atoms with Crippen LogP contribution in [0, 0.1) is 0 Å².